The van der Waals surface area contributed by atoms with Crippen molar-refractivity contribution in [2.75, 3.05) is 0 Å². The number of carbonyl (C=O) groups is 1. The smallest absolute Gasteiger partial charge is 0.338 e. The Labute approximate surface area is 95.9 Å². The summed E-state index contributed by atoms with van der Waals surface area (Å²) in [4.78, 5) is 11.7. The maximum absolute atomic E-state index is 11.7. The number of allylic oxidation sites excluding steroid dienone is 1. The van der Waals surface area contributed by atoms with E-state index in [9.17, 15) is 4.79 Å². The molecule has 1 aromatic carbocycles. The molecule has 2 nitrogen and oxygen atoms in total. The van der Waals surface area contributed by atoms with Crippen molar-refractivity contribution >= 4 is 5.97 Å². The maximum atomic E-state index is 11.7. The van der Waals surface area contributed by atoms with Crippen LogP contribution in [-0.2, 0) is 4.74 Å². The number of ether oxygens (including phenoxy) is 1. The van der Waals surface area contributed by atoms with Crippen LogP contribution in [0, 0.1) is 5.92 Å². The summed E-state index contributed by atoms with van der Waals surface area (Å²) in [6.07, 6.45) is 6.07. The molecule has 0 saturated carbocycles. The molecular formula is C14H16O2. The molecule has 0 fully saturated rings. The molecular weight excluding hydrogens is 200 g/mol. The molecule has 16 heavy (non-hydrogen) atoms. The number of esters is 1. The number of carbonyl (C=O) groups excluding carboxylic acids is 1. The van der Waals surface area contributed by atoms with E-state index in [2.05, 4.69) is 13.0 Å². The van der Waals surface area contributed by atoms with Crippen molar-refractivity contribution in [1.82, 2.24) is 0 Å². The molecule has 2 atom stereocenters. The number of benzene rings is 1. The van der Waals surface area contributed by atoms with Crippen LogP contribution < -0.4 is 0 Å². The predicted molar refractivity (Wildman–Crippen MR) is 63.2 cm³/mol. The van der Waals surface area contributed by atoms with Gasteiger partial charge in [-0.1, -0.05) is 31.2 Å². The maximum Gasteiger partial charge on any atom is 0.338 e. The van der Waals surface area contributed by atoms with Crippen LogP contribution in [0.4, 0.5) is 0 Å². The van der Waals surface area contributed by atoms with Crippen molar-refractivity contribution in [2.24, 2.45) is 5.92 Å². The second-order valence-corrected chi connectivity index (χ2v) is 4.25. The lowest BCUT2D eigenvalue weighted by Crippen LogP contribution is -2.19. The van der Waals surface area contributed by atoms with Crippen molar-refractivity contribution in [3.8, 4) is 0 Å². The Kier molecular flexibility index (Phi) is 3.40. The first-order valence-electron chi connectivity index (χ1n) is 5.70. The standard InChI is InChI=1S/C14H16O2/c1-11-7-9-13(10-8-11)16-14(15)12-5-3-2-4-6-12/h2-7,9,11,13H,8,10H2,1H3/t11-,13-/m1/s1. The Morgan fingerprint density at radius 1 is 1.19 bits per heavy atom. The minimum absolute atomic E-state index is 0.0519. The highest BCUT2D eigenvalue weighted by Gasteiger charge is 2.17. The molecule has 2 rings (SSSR count). The molecule has 1 aliphatic carbocycles. The van der Waals surface area contributed by atoms with Crippen molar-refractivity contribution in [3.05, 3.63) is 48.0 Å². The quantitative estimate of drug-likeness (QED) is 0.560. The van der Waals surface area contributed by atoms with E-state index in [-0.39, 0.29) is 12.1 Å². The van der Waals surface area contributed by atoms with Crippen molar-refractivity contribution in [1.29, 1.82) is 0 Å². The fourth-order valence-corrected chi connectivity index (χ4v) is 1.81. The Morgan fingerprint density at radius 3 is 2.56 bits per heavy atom. The average molecular weight is 216 g/mol. The highest BCUT2D eigenvalue weighted by Crippen LogP contribution is 2.19. The molecule has 0 aliphatic heterocycles. The van der Waals surface area contributed by atoms with Crippen LogP contribution in [0.15, 0.2) is 42.5 Å². The van der Waals surface area contributed by atoms with Gasteiger partial charge in [-0.3, -0.25) is 0 Å². The zero-order valence-electron chi connectivity index (χ0n) is 9.43. The summed E-state index contributed by atoms with van der Waals surface area (Å²) in [5.74, 6) is 0.372. The monoisotopic (exact) mass is 216 g/mol. The van der Waals surface area contributed by atoms with Crippen LogP contribution in [0.5, 0.6) is 0 Å². The number of rotatable bonds is 2. The summed E-state index contributed by atoms with van der Waals surface area (Å²) in [6.45, 7) is 2.17. The fraction of sp³-hybridized carbons (Fsp3) is 0.357. The van der Waals surface area contributed by atoms with Gasteiger partial charge in [0, 0.05) is 0 Å². The van der Waals surface area contributed by atoms with E-state index in [0.717, 1.165) is 12.8 Å². The molecule has 0 heterocycles. The van der Waals surface area contributed by atoms with E-state index in [1.54, 1.807) is 12.1 Å². The highest BCUT2D eigenvalue weighted by molar-refractivity contribution is 5.89. The number of hydrogen-bond acceptors (Lipinski definition) is 2. The Balaban J connectivity index is 1.96. The minimum atomic E-state index is -0.232. The lowest BCUT2D eigenvalue weighted by Gasteiger charge is -2.20. The van der Waals surface area contributed by atoms with Gasteiger partial charge in [-0.25, -0.2) is 4.79 Å². The lowest BCUT2D eigenvalue weighted by molar-refractivity contribution is 0.0362. The lowest BCUT2D eigenvalue weighted by atomic mass is 9.96. The molecule has 2 heteroatoms. The first-order chi connectivity index (χ1) is 7.75. The van der Waals surface area contributed by atoms with Crippen molar-refractivity contribution < 1.29 is 9.53 Å². The fourth-order valence-electron chi connectivity index (χ4n) is 1.81. The van der Waals surface area contributed by atoms with E-state index in [1.807, 2.05) is 24.3 Å². The van der Waals surface area contributed by atoms with Crippen LogP contribution in [0.2, 0.25) is 0 Å². The third-order valence-corrected chi connectivity index (χ3v) is 2.83. The van der Waals surface area contributed by atoms with Crippen LogP contribution in [0.25, 0.3) is 0 Å². The Morgan fingerprint density at radius 2 is 1.94 bits per heavy atom. The van der Waals surface area contributed by atoms with E-state index >= 15 is 0 Å². The summed E-state index contributed by atoms with van der Waals surface area (Å²) in [5.41, 5.74) is 0.620. The molecule has 0 amide bonds. The van der Waals surface area contributed by atoms with Crippen molar-refractivity contribution in [2.45, 2.75) is 25.9 Å². The van der Waals surface area contributed by atoms with Crippen LogP contribution in [-0.4, -0.2) is 12.1 Å². The summed E-state index contributed by atoms with van der Waals surface area (Å²) in [5, 5.41) is 0. The molecule has 0 unspecified atom stereocenters. The van der Waals surface area contributed by atoms with Gasteiger partial charge >= 0.3 is 5.97 Å². The molecule has 0 aromatic heterocycles. The first kappa shape index (κ1) is 10.9. The highest BCUT2D eigenvalue weighted by atomic mass is 16.5. The van der Waals surface area contributed by atoms with Gasteiger partial charge < -0.3 is 4.74 Å². The summed E-state index contributed by atoms with van der Waals surface area (Å²) in [6, 6.07) is 9.12. The second kappa shape index (κ2) is 4.97. The Bertz CT molecular complexity index is 381. The zero-order valence-corrected chi connectivity index (χ0v) is 9.43. The van der Waals surface area contributed by atoms with Gasteiger partial charge in [0.1, 0.15) is 6.10 Å². The topological polar surface area (TPSA) is 26.3 Å². The van der Waals surface area contributed by atoms with E-state index in [4.69, 9.17) is 4.74 Å². The SMILES string of the molecule is C[C@@H]1C=C[C@@H](OC(=O)c2ccccc2)CC1. The normalized spacial score (nSPS) is 24.1. The molecule has 0 saturated heterocycles. The summed E-state index contributed by atoms with van der Waals surface area (Å²) >= 11 is 0. The third-order valence-electron chi connectivity index (χ3n) is 2.83. The molecule has 0 bridgehead atoms. The van der Waals surface area contributed by atoms with Crippen LogP contribution in [0.1, 0.15) is 30.1 Å². The molecule has 0 N–H and O–H groups in total. The second-order valence-electron chi connectivity index (χ2n) is 4.25. The van der Waals surface area contributed by atoms with Gasteiger partial charge in [-0.2, -0.15) is 0 Å². The molecule has 0 radical (unpaired) electrons. The van der Waals surface area contributed by atoms with E-state index in [0.29, 0.717) is 11.5 Å². The molecule has 0 spiro atoms. The molecule has 84 valence electrons. The van der Waals surface area contributed by atoms with Gasteiger partial charge in [0.2, 0.25) is 0 Å². The third kappa shape index (κ3) is 2.72. The van der Waals surface area contributed by atoms with Gasteiger partial charge in [0.05, 0.1) is 5.56 Å². The van der Waals surface area contributed by atoms with Crippen LogP contribution in [0.3, 0.4) is 0 Å². The Hall–Kier alpha value is -1.57. The summed E-state index contributed by atoms with van der Waals surface area (Å²) < 4.78 is 5.40. The zero-order chi connectivity index (χ0) is 11.4. The molecule has 1 aromatic rings. The number of hydrogen-bond donors (Lipinski definition) is 0. The largest absolute Gasteiger partial charge is 0.455 e. The van der Waals surface area contributed by atoms with E-state index in [1.165, 1.54) is 0 Å². The van der Waals surface area contributed by atoms with Gasteiger partial charge in [-0.15, -0.1) is 0 Å². The molecule has 1 aliphatic rings. The average Bonchev–Trinajstić information content (AvgIpc) is 2.33. The van der Waals surface area contributed by atoms with Crippen molar-refractivity contribution in [3.63, 3.8) is 0 Å². The minimum Gasteiger partial charge on any atom is -0.455 e. The van der Waals surface area contributed by atoms with Gasteiger partial charge in [-0.05, 0) is 37.0 Å². The van der Waals surface area contributed by atoms with Gasteiger partial charge in [0.25, 0.3) is 0 Å². The van der Waals surface area contributed by atoms with Gasteiger partial charge in [0.15, 0.2) is 0 Å². The van der Waals surface area contributed by atoms with E-state index < -0.39 is 0 Å². The van der Waals surface area contributed by atoms with Crippen LogP contribution >= 0.6 is 0 Å². The predicted octanol–water partition coefficient (Wildman–Crippen LogP) is 3.20. The first-order valence-corrected chi connectivity index (χ1v) is 5.70. The summed E-state index contributed by atoms with van der Waals surface area (Å²) in [7, 11) is 0.